The minimum absolute atomic E-state index is 0. The molecule has 6 aromatic heterocycles. The normalized spacial score (nSPS) is 10.8. The fourth-order valence-electron chi connectivity index (χ4n) is 12.9. The Kier molecular flexibility index (Phi) is 23.4. The summed E-state index contributed by atoms with van der Waals surface area (Å²) in [6, 6.07) is 116. The predicted molar refractivity (Wildman–Crippen MR) is 438 cm³/mol. The SMILES string of the molecule is Brc1cc[c-]c(-c2ccc(-c3ccccc3-c3cc(-c4ccc[c-]c4-c4cnc(-n5[c-]cc[c-]5)nc4)cc(-c4ccccc4-c4ccc(-c5[c-]ccc(Br)c5)nc4)c3)cn2)c1.Brc1cc[c-]c(-c2ccc(-c3ccccc3-c3cccc(-c4ccccc4-c4ccc(-c5[c-]ccc(Br)c5)nc4)c3)cn2)c1.[Ir+3].[Ir]. The van der Waals surface area contributed by atoms with Crippen molar-refractivity contribution in [2.75, 3.05) is 0 Å². The average Bonchev–Trinajstić information content (AvgIpc) is 0.839. The van der Waals surface area contributed by atoms with E-state index >= 15 is 0 Å². The third-order valence-corrected chi connectivity index (χ3v) is 20.0. The molecule has 0 atom stereocenters. The molecule has 0 aliphatic heterocycles. The number of rotatable bonds is 15. The summed E-state index contributed by atoms with van der Waals surface area (Å²) in [6.45, 7) is 0. The van der Waals surface area contributed by atoms with Gasteiger partial charge in [0.25, 0.3) is 0 Å². The third-order valence-electron chi connectivity index (χ3n) is 18.0. The molecule has 11 aromatic carbocycles. The van der Waals surface area contributed by atoms with Gasteiger partial charge in [-0.2, -0.15) is 0 Å². The molecule has 0 unspecified atom stereocenters. The van der Waals surface area contributed by atoms with Crippen molar-refractivity contribution >= 4 is 63.7 Å². The number of hydrogen-bond acceptors (Lipinski definition) is 6. The first kappa shape index (κ1) is 73.5. The van der Waals surface area contributed by atoms with Crippen molar-refractivity contribution in [3.63, 3.8) is 0 Å². The second-order valence-electron chi connectivity index (χ2n) is 24.6. The standard InChI is InChI=1S/C54H30Br2N5.C40H24Br2N2.2Ir/c55-44-13-9-11-36(30-44)52-23-21-38(32-57-52)46-15-1-3-17-48(46)40-27-41(49-18-4-2-16-47(49)39-22-24-53(58-33-39)37-12-10-14-45(56)31-37)29-42(28-40)50-19-5-6-20-51(50)43-34-59-54(60-35-43)61-25-7-8-26-61;41-33-12-6-10-29(23-33)39-20-18-31(25-43-39)37-16-3-1-14-35(37)27-8-5-9-28(22-27)36-15-2-4-17-38(36)32-19-21-40(44-26-32)30-11-7-13-34(42)24-30;;/h1-10,13-19,21-24,27-35H;1-9,12-26H;;/q-5;-2;;+3. The molecular weight excluding hydrogens is 1930 g/mol. The van der Waals surface area contributed by atoms with Gasteiger partial charge in [-0.3, -0.25) is 12.3 Å². The molecule has 0 saturated carbocycles. The number of nitrogens with zero attached hydrogens (tertiary/aromatic N) is 7. The summed E-state index contributed by atoms with van der Waals surface area (Å²) in [5.41, 5.74) is 28.5. The van der Waals surface area contributed by atoms with E-state index in [-0.39, 0.29) is 40.2 Å². The first-order valence-corrected chi connectivity index (χ1v) is 36.8. The number of halogens is 4. The first-order valence-electron chi connectivity index (χ1n) is 33.7. The molecule has 6 heterocycles. The van der Waals surface area contributed by atoms with Crippen molar-refractivity contribution in [3.05, 3.63) is 389 Å². The van der Waals surface area contributed by atoms with Crippen LogP contribution in [0.3, 0.4) is 0 Å². The van der Waals surface area contributed by atoms with Gasteiger partial charge < -0.3 is 34.5 Å². The maximum absolute atomic E-state index is 4.89. The molecule has 17 rings (SSSR count). The molecule has 0 spiro atoms. The minimum atomic E-state index is 0. The van der Waals surface area contributed by atoms with Crippen molar-refractivity contribution in [1.82, 2.24) is 34.5 Å². The van der Waals surface area contributed by atoms with Crippen LogP contribution in [-0.4, -0.2) is 34.5 Å². The van der Waals surface area contributed by atoms with Crippen LogP contribution < -0.4 is 0 Å². The van der Waals surface area contributed by atoms with Gasteiger partial charge in [0.15, 0.2) is 0 Å². The van der Waals surface area contributed by atoms with Gasteiger partial charge in [-0.1, -0.05) is 269 Å². The molecule has 0 aliphatic rings. The van der Waals surface area contributed by atoms with Crippen LogP contribution in [0.5, 0.6) is 0 Å². The van der Waals surface area contributed by atoms with Gasteiger partial charge in [0.1, 0.15) is 0 Å². The van der Waals surface area contributed by atoms with Crippen molar-refractivity contribution in [3.8, 4) is 162 Å². The summed E-state index contributed by atoms with van der Waals surface area (Å²) < 4.78 is 5.64. The van der Waals surface area contributed by atoms with Crippen LogP contribution in [0.15, 0.2) is 346 Å². The van der Waals surface area contributed by atoms with Gasteiger partial charge in [0.05, 0.1) is 5.95 Å². The smallest absolute Gasteiger partial charge is 0.562 e. The van der Waals surface area contributed by atoms with E-state index in [0.717, 1.165) is 174 Å². The van der Waals surface area contributed by atoms with E-state index in [9.17, 15) is 0 Å². The summed E-state index contributed by atoms with van der Waals surface area (Å²) in [4.78, 5) is 28.7. The molecule has 0 bridgehead atoms. The van der Waals surface area contributed by atoms with E-state index < -0.39 is 0 Å². The summed E-state index contributed by atoms with van der Waals surface area (Å²) in [7, 11) is 0. The Labute approximate surface area is 683 Å². The molecule has 17 aromatic rings. The van der Waals surface area contributed by atoms with Crippen molar-refractivity contribution < 1.29 is 40.2 Å². The van der Waals surface area contributed by atoms with Crippen LogP contribution in [0, 0.1) is 42.7 Å². The van der Waals surface area contributed by atoms with E-state index in [0.29, 0.717) is 5.95 Å². The second-order valence-corrected chi connectivity index (χ2v) is 28.3. The average molecular weight is 1990 g/mol. The zero-order chi connectivity index (χ0) is 71.0. The third kappa shape index (κ3) is 16.8. The Morgan fingerprint density at radius 3 is 0.841 bits per heavy atom. The van der Waals surface area contributed by atoms with Gasteiger partial charge in [-0.05, 0) is 136 Å². The van der Waals surface area contributed by atoms with Crippen LogP contribution in [0.1, 0.15) is 0 Å². The zero-order valence-electron chi connectivity index (χ0n) is 56.5. The molecule has 1 radical (unpaired) electrons. The van der Waals surface area contributed by atoms with Crippen molar-refractivity contribution in [1.29, 1.82) is 0 Å². The molecular formula is C94H54Br4Ir2N7-4. The van der Waals surface area contributed by atoms with Gasteiger partial charge in [0.2, 0.25) is 0 Å². The van der Waals surface area contributed by atoms with E-state index in [1.165, 1.54) is 0 Å². The Bertz CT molecular complexity index is 5660. The Morgan fingerprint density at radius 2 is 0.523 bits per heavy atom. The van der Waals surface area contributed by atoms with Crippen LogP contribution in [0.4, 0.5) is 0 Å². The molecule has 13 heteroatoms. The number of pyridine rings is 4. The number of aromatic nitrogens is 7. The predicted octanol–water partition coefficient (Wildman–Crippen LogP) is 25.5. The fourth-order valence-corrected chi connectivity index (χ4v) is 14.4. The Hall–Kier alpha value is -10.4. The largest absolute Gasteiger partial charge is 3.00 e. The Balaban J connectivity index is 0.000000185. The van der Waals surface area contributed by atoms with Gasteiger partial charge in [-0.25, -0.2) is 12.3 Å². The summed E-state index contributed by atoms with van der Waals surface area (Å²) >= 11 is 14.3. The second kappa shape index (κ2) is 34.0. The van der Waals surface area contributed by atoms with Crippen LogP contribution in [0.2, 0.25) is 0 Å². The summed E-state index contributed by atoms with van der Waals surface area (Å²) in [5.74, 6) is 0.498. The maximum Gasteiger partial charge on any atom is 3.00 e. The summed E-state index contributed by atoms with van der Waals surface area (Å²) in [5, 5.41) is 0. The molecule has 0 aliphatic carbocycles. The zero-order valence-corrected chi connectivity index (χ0v) is 67.6. The Morgan fingerprint density at radius 1 is 0.234 bits per heavy atom. The van der Waals surface area contributed by atoms with E-state index in [2.05, 4.69) is 311 Å². The minimum Gasteiger partial charge on any atom is -0.562 e. The quantitative estimate of drug-likeness (QED) is 0.0951. The van der Waals surface area contributed by atoms with Gasteiger partial charge >= 0.3 is 20.1 Å². The number of hydrogen-bond donors (Lipinski definition) is 0. The van der Waals surface area contributed by atoms with Crippen LogP contribution >= 0.6 is 63.7 Å². The van der Waals surface area contributed by atoms with E-state index in [4.69, 9.17) is 19.9 Å². The molecule has 7 nitrogen and oxygen atoms in total. The topological polar surface area (TPSA) is 82.3 Å². The van der Waals surface area contributed by atoms with E-state index in [1.807, 2.05) is 122 Å². The van der Waals surface area contributed by atoms with Crippen molar-refractivity contribution in [2.45, 2.75) is 0 Å². The maximum atomic E-state index is 4.89. The molecule has 0 amide bonds. The summed E-state index contributed by atoms with van der Waals surface area (Å²) in [6.07, 6.45) is 17.6. The first-order chi connectivity index (χ1) is 51.7. The van der Waals surface area contributed by atoms with Crippen LogP contribution in [0.25, 0.3) is 162 Å². The monoisotopic (exact) mass is 1980 g/mol. The fraction of sp³-hybridized carbons (Fsp3) is 0. The van der Waals surface area contributed by atoms with Gasteiger partial charge in [-0.15, -0.1) is 155 Å². The van der Waals surface area contributed by atoms with Gasteiger partial charge in [0, 0.05) is 44.9 Å². The number of benzene rings is 11. The molecule has 107 heavy (non-hydrogen) atoms. The molecule has 515 valence electrons. The van der Waals surface area contributed by atoms with Crippen LogP contribution in [-0.2, 0) is 40.2 Å². The van der Waals surface area contributed by atoms with Crippen molar-refractivity contribution in [2.24, 2.45) is 0 Å². The molecule has 0 N–H and O–H groups in total. The molecule has 0 fully saturated rings. The van der Waals surface area contributed by atoms with E-state index in [1.54, 1.807) is 16.7 Å². The molecule has 0 saturated heterocycles.